The van der Waals surface area contributed by atoms with Crippen molar-refractivity contribution in [1.29, 1.82) is 0 Å². The van der Waals surface area contributed by atoms with Gasteiger partial charge in [-0.05, 0) is 37.0 Å². The van der Waals surface area contributed by atoms with E-state index in [0.717, 1.165) is 18.4 Å². The molecule has 8 nitrogen and oxygen atoms in total. The molecule has 0 radical (unpaired) electrons. The molecule has 1 aliphatic rings. The van der Waals surface area contributed by atoms with E-state index in [1.807, 2.05) is 23.1 Å². The highest BCUT2D eigenvalue weighted by molar-refractivity contribution is 5.92. The van der Waals surface area contributed by atoms with Crippen molar-refractivity contribution in [3.63, 3.8) is 0 Å². The van der Waals surface area contributed by atoms with Gasteiger partial charge < -0.3 is 19.7 Å². The lowest BCUT2D eigenvalue weighted by atomic mass is 10.0. The summed E-state index contributed by atoms with van der Waals surface area (Å²) in [7, 11) is 3.19. The lowest BCUT2D eigenvalue weighted by Crippen LogP contribution is -2.46. The number of ether oxygens (including phenoxy) is 2. The number of nitrogens with one attached hydrogen (secondary N) is 1. The zero-order chi connectivity index (χ0) is 20.6. The molecule has 2 heterocycles. The summed E-state index contributed by atoms with van der Waals surface area (Å²) < 4.78 is 10.6. The minimum absolute atomic E-state index is 0.0411. The molecule has 0 bridgehead atoms. The van der Waals surface area contributed by atoms with E-state index >= 15 is 0 Å². The molecule has 1 fully saturated rings. The second-order valence-electron chi connectivity index (χ2n) is 6.91. The third-order valence-electron chi connectivity index (χ3n) is 5.05. The lowest BCUT2D eigenvalue weighted by molar-refractivity contribution is -0.132. The molecule has 1 saturated heterocycles. The Kier molecular flexibility index (Phi) is 6.99. The summed E-state index contributed by atoms with van der Waals surface area (Å²) in [5.74, 6) is 1.24. The Bertz CT molecular complexity index is 836. The van der Waals surface area contributed by atoms with Gasteiger partial charge in [0.25, 0.3) is 5.91 Å². The van der Waals surface area contributed by atoms with Crippen molar-refractivity contribution < 1.29 is 19.1 Å². The van der Waals surface area contributed by atoms with Gasteiger partial charge >= 0.3 is 0 Å². The summed E-state index contributed by atoms with van der Waals surface area (Å²) in [6.07, 6.45) is 7.01. The third kappa shape index (κ3) is 5.43. The van der Waals surface area contributed by atoms with Crippen molar-refractivity contribution in [1.82, 2.24) is 20.2 Å². The van der Waals surface area contributed by atoms with Crippen LogP contribution in [0.15, 0.2) is 36.8 Å². The highest BCUT2D eigenvalue weighted by Crippen LogP contribution is 2.28. The first-order valence-electron chi connectivity index (χ1n) is 9.66. The molecule has 1 N–H and O–H groups in total. The van der Waals surface area contributed by atoms with Crippen LogP contribution in [-0.2, 0) is 11.2 Å². The van der Waals surface area contributed by atoms with Gasteiger partial charge in [0, 0.05) is 37.9 Å². The summed E-state index contributed by atoms with van der Waals surface area (Å²) in [6, 6.07) is 5.74. The number of nitrogens with zero attached hydrogens (tertiary/aromatic N) is 3. The Labute approximate surface area is 170 Å². The fourth-order valence-corrected chi connectivity index (χ4v) is 3.39. The Hall–Kier alpha value is -3.16. The number of hydrogen-bond acceptors (Lipinski definition) is 6. The summed E-state index contributed by atoms with van der Waals surface area (Å²) in [6.45, 7) is 1.27. The van der Waals surface area contributed by atoms with Gasteiger partial charge in [0.15, 0.2) is 11.5 Å². The lowest BCUT2D eigenvalue weighted by Gasteiger charge is -2.32. The van der Waals surface area contributed by atoms with Crippen LogP contribution in [0.4, 0.5) is 0 Å². The first-order chi connectivity index (χ1) is 14.1. The maximum Gasteiger partial charge on any atom is 0.271 e. The molecule has 1 aliphatic heterocycles. The number of aromatic nitrogens is 2. The van der Waals surface area contributed by atoms with Crippen molar-refractivity contribution in [2.24, 2.45) is 0 Å². The molecule has 29 heavy (non-hydrogen) atoms. The molecule has 0 unspecified atom stereocenters. The molecule has 8 heteroatoms. The molecular weight excluding hydrogens is 372 g/mol. The van der Waals surface area contributed by atoms with Gasteiger partial charge in [-0.15, -0.1) is 0 Å². The number of likely N-dealkylation sites (tertiary alicyclic amines) is 1. The van der Waals surface area contributed by atoms with Crippen LogP contribution in [0.5, 0.6) is 11.5 Å². The van der Waals surface area contributed by atoms with Crippen LogP contribution in [0.2, 0.25) is 0 Å². The Morgan fingerprint density at radius 1 is 1.14 bits per heavy atom. The molecule has 0 atom stereocenters. The van der Waals surface area contributed by atoms with E-state index in [-0.39, 0.29) is 17.9 Å². The average Bonchev–Trinajstić information content (AvgIpc) is 2.78. The van der Waals surface area contributed by atoms with Crippen molar-refractivity contribution >= 4 is 11.8 Å². The Morgan fingerprint density at radius 3 is 2.55 bits per heavy atom. The molecule has 1 aromatic carbocycles. The monoisotopic (exact) mass is 398 g/mol. The predicted molar refractivity (Wildman–Crippen MR) is 107 cm³/mol. The van der Waals surface area contributed by atoms with Crippen LogP contribution >= 0.6 is 0 Å². The minimum Gasteiger partial charge on any atom is -0.493 e. The second kappa shape index (κ2) is 9.86. The van der Waals surface area contributed by atoms with Crippen molar-refractivity contribution in [2.45, 2.75) is 31.7 Å². The van der Waals surface area contributed by atoms with E-state index in [2.05, 4.69) is 15.3 Å². The quantitative estimate of drug-likeness (QED) is 0.765. The Morgan fingerprint density at radius 2 is 1.90 bits per heavy atom. The van der Waals surface area contributed by atoms with E-state index in [1.165, 1.54) is 18.6 Å². The molecular formula is C21H26N4O4. The molecule has 0 aliphatic carbocycles. The maximum absolute atomic E-state index is 12.6. The number of hydrogen-bond donors (Lipinski definition) is 1. The largest absolute Gasteiger partial charge is 0.493 e. The standard InChI is InChI=1S/C21H26N4O4/c1-28-18-5-3-15(13-19(18)29-2)4-6-20(26)25-11-7-16(8-12-25)24-21(27)17-14-22-9-10-23-17/h3,5,9-10,13-14,16H,4,6-8,11-12H2,1-2H3,(H,24,27). The molecule has 1 aromatic heterocycles. The van der Waals surface area contributed by atoms with Crippen LogP contribution in [-0.4, -0.2) is 60.0 Å². The number of carbonyl (C=O) groups excluding carboxylic acids is 2. The van der Waals surface area contributed by atoms with Gasteiger partial charge in [-0.3, -0.25) is 14.6 Å². The number of methoxy groups -OCH3 is 2. The molecule has 0 spiro atoms. The summed E-state index contributed by atoms with van der Waals surface area (Å²) in [5.41, 5.74) is 1.34. The van der Waals surface area contributed by atoms with Crippen LogP contribution in [0.3, 0.4) is 0 Å². The van der Waals surface area contributed by atoms with Gasteiger partial charge in [0.1, 0.15) is 5.69 Å². The Balaban J connectivity index is 1.45. The maximum atomic E-state index is 12.6. The van der Waals surface area contributed by atoms with E-state index in [0.29, 0.717) is 43.1 Å². The molecule has 0 saturated carbocycles. The first kappa shape index (κ1) is 20.6. The van der Waals surface area contributed by atoms with Crippen LogP contribution < -0.4 is 14.8 Å². The summed E-state index contributed by atoms with van der Waals surface area (Å²) in [4.78, 5) is 34.5. The average molecular weight is 398 g/mol. The first-order valence-corrected chi connectivity index (χ1v) is 9.66. The SMILES string of the molecule is COc1ccc(CCC(=O)N2CCC(NC(=O)c3cnccn3)CC2)cc1OC. The van der Waals surface area contributed by atoms with Crippen LogP contribution in [0.1, 0.15) is 35.3 Å². The van der Waals surface area contributed by atoms with Crippen molar-refractivity contribution in [3.05, 3.63) is 48.0 Å². The van der Waals surface area contributed by atoms with Gasteiger partial charge in [0.05, 0.1) is 20.4 Å². The minimum atomic E-state index is -0.226. The number of carbonyl (C=O) groups is 2. The van der Waals surface area contributed by atoms with Crippen LogP contribution in [0.25, 0.3) is 0 Å². The normalized spacial score (nSPS) is 14.3. The van der Waals surface area contributed by atoms with Crippen molar-refractivity contribution in [2.75, 3.05) is 27.3 Å². The van der Waals surface area contributed by atoms with E-state index in [1.54, 1.807) is 14.2 Å². The molecule has 154 valence electrons. The number of benzene rings is 1. The van der Waals surface area contributed by atoms with Crippen LogP contribution in [0, 0.1) is 0 Å². The fourth-order valence-electron chi connectivity index (χ4n) is 3.39. The smallest absolute Gasteiger partial charge is 0.271 e. The van der Waals surface area contributed by atoms with E-state index in [9.17, 15) is 9.59 Å². The number of aryl methyl sites for hydroxylation is 1. The van der Waals surface area contributed by atoms with E-state index < -0.39 is 0 Å². The van der Waals surface area contributed by atoms with Gasteiger partial charge in [-0.1, -0.05) is 6.07 Å². The van der Waals surface area contributed by atoms with Gasteiger partial charge in [0.2, 0.25) is 5.91 Å². The van der Waals surface area contributed by atoms with Crippen molar-refractivity contribution in [3.8, 4) is 11.5 Å². The predicted octanol–water partition coefficient (Wildman–Crippen LogP) is 1.85. The van der Waals surface area contributed by atoms with Gasteiger partial charge in [-0.2, -0.15) is 0 Å². The summed E-state index contributed by atoms with van der Waals surface area (Å²) >= 11 is 0. The third-order valence-corrected chi connectivity index (χ3v) is 5.05. The zero-order valence-corrected chi connectivity index (χ0v) is 16.8. The molecule has 3 rings (SSSR count). The van der Waals surface area contributed by atoms with Gasteiger partial charge in [-0.25, -0.2) is 4.98 Å². The second-order valence-corrected chi connectivity index (χ2v) is 6.91. The zero-order valence-electron chi connectivity index (χ0n) is 16.8. The fraction of sp³-hybridized carbons (Fsp3) is 0.429. The summed E-state index contributed by atoms with van der Waals surface area (Å²) in [5, 5.41) is 2.97. The topological polar surface area (TPSA) is 93.7 Å². The molecule has 2 aromatic rings. The molecule has 2 amide bonds. The number of rotatable bonds is 7. The number of piperidine rings is 1. The highest BCUT2D eigenvalue weighted by atomic mass is 16.5. The highest BCUT2D eigenvalue weighted by Gasteiger charge is 2.24. The number of amides is 2. The van der Waals surface area contributed by atoms with E-state index in [4.69, 9.17) is 9.47 Å².